The van der Waals surface area contributed by atoms with Gasteiger partial charge >= 0.3 is 5.97 Å². The van der Waals surface area contributed by atoms with Crippen molar-refractivity contribution in [1.82, 2.24) is 9.55 Å². The molecule has 0 fully saturated rings. The molecule has 0 unspecified atom stereocenters. The number of aryl methyl sites for hydroxylation is 1. The van der Waals surface area contributed by atoms with E-state index in [2.05, 4.69) is 4.98 Å². The average molecular weight is 261 g/mol. The number of imidazole rings is 1. The van der Waals surface area contributed by atoms with Crippen molar-refractivity contribution in [2.75, 3.05) is 25.1 Å². The van der Waals surface area contributed by atoms with Crippen molar-refractivity contribution in [2.24, 2.45) is 7.05 Å². The van der Waals surface area contributed by atoms with Crippen LogP contribution in [-0.4, -0.2) is 35.7 Å². The van der Waals surface area contributed by atoms with Gasteiger partial charge in [0.25, 0.3) is 0 Å². The molecule has 1 aromatic carbocycles. The van der Waals surface area contributed by atoms with Gasteiger partial charge < -0.3 is 14.2 Å². The molecule has 0 saturated heterocycles. The van der Waals surface area contributed by atoms with Crippen molar-refractivity contribution in [1.29, 1.82) is 0 Å². The van der Waals surface area contributed by atoms with Gasteiger partial charge in [0.2, 0.25) is 5.95 Å². The lowest BCUT2D eigenvalue weighted by molar-refractivity contribution is -0.142. The molecular weight excluding hydrogens is 242 g/mol. The van der Waals surface area contributed by atoms with Gasteiger partial charge in [0.15, 0.2) is 0 Å². The van der Waals surface area contributed by atoms with E-state index in [1.54, 1.807) is 0 Å². The highest BCUT2D eigenvalue weighted by Gasteiger charge is 2.12. The minimum atomic E-state index is -0.173. The number of nitrogens with zero attached hydrogens (tertiary/aromatic N) is 3. The minimum absolute atomic E-state index is 0.173. The number of esters is 1. The molecule has 19 heavy (non-hydrogen) atoms. The largest absolute Gasteiger partial charge is 0.466 e. The van der Waals surface area contributed by atoms with E-state index in [1.165, 1.54) is 0 Å². The number of anilines is 1. The van der Waals surface area contributed by atoms with E-state index in [1.807, 2.05) is 54.8 Å². The normalized spacial score (nSPS) is 10.7. The number of rotatable bonds is 5. The first-order valence-corrected chi connectivity index (χ1v) is 6.41. The van der Waals surface area contributed by atoms with Gasteiger partial charge in [-0.15, -0.1) is 0 Å². The zero-order valence-electron chi connectivity index (χ0n) is 11.6. The fourth-order valence-corrected chi connectivity index (χ4v) is 2.07. The van der Waals surface area contributed by atoms with Crippen LogP contribution in [0.3, 0.4) is 0 Å². The Morgan fingerprint density at radius 2 is 2.16 bits per heavy atom. The Morgan fingerprint density at radius 3 is 2.84 bits per heavy atom. The summed E-state index contributed by atoms with van der Waals surface area (Å²) in [6.45, 7) is 2.83. The topological polar surface area (TPSA) is 47.4 Å². The summed E-state index contributed by atoms with van der Waals surface area (Å²) in [4.78, 5) is 17.9. The Labute approximate surface area is 112 Å². The van der Waals surface area contributed by atoms with Crippen LogP contribution in [0.4, 0.5) is 5.95 Å². The van der Waals surface area contributed by atoms with E-state index in [0.29, 0.717) is 19.6 Å². The fraction of sp³-hybridized carbons (Fsp3) is 0.429. The number of carbonyl (C=O) groups is 1. The number of hydrogen-bond acceptors (Lipinski definition) is 4. The van der Waals surface area contributed by atoms with Crippen LogP contribution < -0.4 is 4.90 Å². The van der Waals surface area contributed by atoms with E-state index < -0.39 is 0 Å². The van der Waals surface area contributed by atoms with Gasteiger partial charge in [-0.25, -0.2) is 4.98 Å². The van der Waals surface area contributed by atoms with Gasteiger partial charge in [0.05, 0.1) is 24.1 Å². The maximum Gasteiger partial charge on any atom is 0.307 e. The minimum Gasteiger partial charge on any atom is -0.466 e. The van der Waals surface area contributed by atoms with Crippen LogP contribution in [0.15, 0.2) is 24.3 Å². The molecule has 0 bridgehead atoms. The summed E-state index contributed by atoms with van der Waals surface area (Å²) in [6.07, 6.45) is 0.369. The second-order valence-corrected chi connectivity index (χ2v) is 4.44. The lowest BCUT2D eigenvalue weighted by Crippen LogP contribution is -2.24. The molecule has 2 aromatic rings. The van der Waals surface area contributed by atoms with E-state index in [0.717, 1.165) is 17.0 Å². The highest BCUT2D eigenvalue weighted by Crippen LogP contribution is 2.20. The number of ether oxygens (including phenoxy) is 1. The molecule has 0 amide bonds. The van der Waals surface area contributed by atoms with Crippen molar-refractivity contribution < 1.29 is 9.53 Å². The molecule has 0 saturated carbocycles. The quantitative estimate of drug-likeness (QED) is 0.772. The summed E-state index contributed by atoms with van der Waals surface area (Å²) in [5, 5.41) is 0. The highest BCUT2D eigenvalue weighted by atomic mass is 16.5. The Morgan fingerprint density at radius 1 is 1.42 bits per heavy atom. The molecular formula is C14H19N3O2. The third kappa shape index (κ3) is 2.86. The number of carbonyl (C=O) groups excluding carboxylic acids is 1. The van der Waals surface area contributed by atoms with E-state index >= 15 is 0 Å². The number of fused-ring (bicyclic) bond motifs is 1. The predicted octanol–water partition coefficient (Wildman–Crippen LogP) is 1.96. The number of para-hydroxylation sites is 2. The first kappa shape index (κ1) is 13.4. The van der Waals surface area contributed by atoms with E-state index in [4.69, 9.17) is 4.74 Å². The lowest BCUT2D eigenvalue weighted by atomic mass is 10.3. The van der Waals surface area contributed by atoms with Crippen molar-refractivity contribution in [3.05, 3.63) is 24.3 Å². The van der Waals surface area contributed by atoms with Crippen molar-refractivity contribution >= 4 is 23.0 Å². The van der Waals surface area contributed by atoms with Crippen molar-refractivity contribution in [3.63, 3.8) is 0 Å². The van der Waals surface area contributed by atoms with Crippen LogP contribution in [0.25, 0.3) is 11.0 Å². The van der Waals surface area contributed by atoms with Gasteiger partial charge in [-0.2, -0.15) is 0 Å². The third-order valence-corrected chi connectivity index (χ3v) is 3.06. The number of benzene rings is 1. The molecule has 0 aliphatic heterocycles. The van der Waals surface area contributed by atoms with Gasteiger partial charge in [-0.1, -0.05) is 12.1 Å². The zero-order chi connectivity index (χ0) is 13.8. The molecule has 0 N–H and O–H groups in total. The zero-order valence-corrected chi connectivity index (χ0v) is 11.6. The molecule has 1 aromatic heterocycles. The summed E-state index contributed by atoms with van der Waals surface area (Å²) in [5.41, 5.74) is 2.04. The van der Waals surface area contributed by atoms with Crippen LogP contribution in [0.5, 0.6) is 0 Å². The smallest absolute Gasteiger partial charge is 0.307 e. The van der Waals surface area contributed by atoms with Gasteiger partial charge in [0.1, 0.15) is 0 Å². The SMILES string of the molecule is CCOC(=O)CCN(C)c1nc2ccccc2n1C. The van der Waals surface area contributed by atoms with Crippen LogP contribution >= 0.6 is 0 Å². The van der Waals surface area contributed by atoms with Crippen LogP contribution in [0.1, 0.15) is 13.3 Å². The molecule has 0 spiro atoms. The predicted molar refractivity (Wildman–Crippen MR) is 75.2 cm³/mol. The highest BCUT2D eigenvalue weighted by molar-refractivity contribution is 5.78. The van der Waals surface area contributed by atoms with Crippen LogP contribution in [0.2, 0.25) is 0 Å². The monoisotopic (exact) mass is 261 g/mol. The Kier molecular flexibility index (Phi) is 4.04. The third-order valence-electron chi connectivity index (χ3n) is 3.06. The molecule has 5 nitrogen and oxygen atoms in total. The summed E-state index contributed by atoms with van der Waals surface area (Å²) in [7, 11) is 3.91. The summed E-state index contributed by atoms with van der Waals surface area (Å²) < 4.78 is 6.95. The maximum atomic E-state index is 11.4. The molecule has 2 rings (SSSR count). The van der Waals surface area contributed by atoms with E-state index in [9.17, 15) is 4.79 Å². The first-order chi connectivity index (χ1) is 9.13. The Hall–Kier alpha value is -2.04. The second-order valence-electron chi connectivity index (χ2n) is 4.44. The second kappa shape index (κ2) is 5.73. The van der Waals surface area contributed by atoms with Crippen molar-refractivity contribution in [3.8, 4) is 0 Å². The summed E-state index contributed by atoms with van der Waals surface area (Å²) in [6, 6.07) is 7.98. The molecule has 1 heterocycles. The van der Waals surface area contributed by atoms with Crippen LogP contribution in [-0.2, 0) is 16.6 Å². The number of hydrogen-bond donors (Lipinski definition) is 0. The molecule has 0 atom stereocenters. The molecule has 0 aliphatic rings. The molecule has 102 valence electrons. The average Bonchev–Trinajstić information content (AvgIpc) is 2.74. The van der Waals surface area contributed by atoms with Crippen LogP contribution in [0, 0.1) is 0 Å². The lowest BCUT2D eigenvalue weighted by Gasteiger charge is -2.17. The fourth-order valence-electron chi connectivity index (χ4n) is 2.07. The van der Waals surface area contributed by atoms with Crippen molar-refractivity contribution in [2.45, 2.75) is 13.3 Å². The first-order valence-electron chi connectivity index (χ1n) is 6.41. The standard InChI is InChI=1S/C14H19N3O2/c1-4-19-13(18)9-10-16(2)14-15-11-7-5-6-8-12(11)17(14)3/h5-8H,4,9-10H2,1-3H3. The summed E-state index contributed by atoms with van der Waals surface area (Å²) >= 11 is 0. The Balaban J connectivity index is 2.11. The summed E-state index contributed by atoms with van der Waals surface area (Å²) in [5.74, 6) is 0.679. The van der Waals surface area contributed by atoms with Gasteiger partial charge in [-0.05, 0) is 19.1 Å². The van der Waals surface area contributed by atoms with Gasteiger partial charge in [0, 0.05) is 20.6 Å². The maximum absolute atomic E-state index is 11.4. The molecule has 0 radical (unpaired) electrons. The Bertz CT molecular complexity index is 577. The number of aromatic nitrogens is 2. The molecule has 5 heteroatoms. The molecule has 0 aliphatic carbocycles. The van der Waals surface area contributed by atoms with E-state index in [-0.39, 0.29) is 5.97 Å². The van der Waals surface area contributed by atoms with Gasteiger partial charge in [-0.3, -0.25) is 4.79 Å².